The number of carbonyl (C=O) groups excluding carboxylic acids is 2. The predicted octanol–water partition coefficient (Wildman–Crippen LogP) is 4.77. The molecule has 0 radical (unpaired) electrons. The van der Waals surface area contributed by atoms with Gasteiger partial charge in [-0.05, 0) is 61.2 Å². The summed E-state index contributed by atoms with van der Waals surface area (Å²) in [7, 11) is 0. The molecular weight excluding hydrogens is 380 g/mol. The minimum Gasteiger partial charge on any atom is -0.482 e. The first-order chi connectivity index (χ1) is 14.6. The molecule has 0 aliphatic carbocycles. The molecule has 3 aromatic carbocycles. The lowest BCUT2D eigenvalue weighted by Crippen LogP contribution is -2.18. The molecular formula is C25H24O5. The molecule has 0 aliphatic heterocycles. The maximum Gasteiger partial charge on any atom is 0.349 e. The van der Waals surface area contributed by atoms with E-state index < -0.39 is 11.9 Å². The number of para-hydroxylation sites is 1. The van der Waals surface area contributed by atoms with E-state index >= 15 is 0 Å². The van der Waals surface area contributed by atoms with Gasteiger partial charge in [-0.3, -0.25) is 0 Å². The van der Waals surface area contributed by atoms with Gasteiger partial charge in [-0.15, -0.1) is 0 Å². The number of rotatable bonds is 9. The fourth-order valence-electron chi connectivity index (χ4n) is 2.84. The standard InChI is InChI=1S/C25H24O5/c1-19-8-5-6-12-23(19)29-18-24(26)30-22-15-13-21(14-16-22)25(27)28-17-7-11-20-9-3-2-4-10-20/h2-6,8-10,12-16H,7,11,17-18H2,1H3. The molecule has 0 saturated carbocycles. The summed E-state index contributed by atoms with van der Waals surface area (Å²) >= 11 is 0. The van der Waals surface area contributed by atoms with Crippen LogP contribution >= 0.6 is 0 Å². The third-order valence-corrected chi connectivity index (χ3v) is 4.45. The van der Waals surface area contributed by atoms with Crippen LogP contribution in [0.25, 0.3) is 0 Å². The molecule has 5 heteroatoms. The summed E-state index contributed by atoms with van der Waals surface area (Å²) in [6.07, 6.45) is 1.61. The van der Waals surface area contributed by atoms with E-state index in [9.17, 15) is 9.59 Å². The Balaban J connectivity index is 1.40. The summed E-state index contributed by atoms with van der Waals surface area (Å²) in [5.74, 6) is 0.0622. The molecule has 0 aliphatic rings. The zero-order chi connectivity index (χ0) is 21.2. The Kier molecular flexibility index (Phi) is 7.61. The van der Waals surface area contributed by atoms with Gasteiger partial charge in [0, 0.05) is 0 Å². The molecule has 0 amide bonds. The molecule has 0 spiro atoms. The molecule has 0 saturated heterocycles. The second kappa shape index (κ2) is 10.8. The number of benzene rings is 3. The van der Waals surface area contributed by atoms with Crippen LogP contribution < -0.4 is 9.47 Å². The van der Waals surface area contributed by atoms with E-state index in [1.165, 1.54) is 5.56 Å². The second-order valence-electron chi connectivity index (χ2n) is 6.78. The van der Waals surface area contributed by atoms with Crippen LogP contribution in [0, 0.1) is 6.92 Å². The highest BCUT2D eigenvalue weighted by Gasteiger charge is 2.10. The fraction of sp³-hybridized carbons (Fsp3) is 0.200. The van der Waals surface area contributed by atoms with Crippen LogP contribution in [-0.4, -0.2) is 25.2 Å². The van der Waals surface area contributed by atoms with Gasteiger partial charge < -0.3 is 14.2 Å². The Bertz CT molecular complexity index is 964. The summed E-state index contributed by atoms with van der Waals surface area (Å²) < 4.78 is 16.0. The Hall–Kier alpha value is -3.60. The summed E-state index contributed by atoms with van der Waals surface area (Å²) in [4.78, 5) is 24.1. The van der Waals surface area contributed by atoms with E-state index in [0.29, 0.717) is 23.7 Å². The summed E-state index contributed by atoms with van der Waals surface area (Å²) in [5.41, 5.74) is 2.56. The summed E-state index contributed by atoms with van der Waals surface area (Å²) in [5, 5.41) is 0. The van der Waals surface area contributed by atoms with Gasteiger partial charge in [0.1, 0.15) is 11.5 Å². The first kappa shape index (κ1) is 21.1. The van der Waals surface area contributed by atoms with Gasteiger partial charge in [-0.2, -0.15) is 0 Å². The number of hydrogen-bond donors (Lipinski definition) is 0. The lowest BCUT2D eigenvalue weighted by atomic mass is 10.1. The minimum atomic E-state index is -0.519. The normalized spacial score (nSPS) is 10.3. The molecule has 0 fully saturated rings. The van der Waals surface area contributed by atoms with Crippen molar-refractivity contribution in [2.45, 2.75) is 19.8 Å². The minimum absolute atomic E-state index is 0.198. The van der Waals surface area contributed by atoms with Crippen LogP contribution in [0.2, 0.25) is 0 Å². The smallest absolute Gasteiger partial charge is 0.349 e. The Morgan fingerprint density at radius 1 is 0.833 bits per heavy atom. The van der Waals surface area contributed by atoms with Crippen molar-refractivity contribution in [2.75, 3.05) is 13.2 Å². The molecule has 3 aromatic rings. The fourth-order valence-corrected chi connectivity index (χ4v) is 2.84. The molecule has 5 nitrogen and oxygen atoms in total. The van der Waals surface area contributed by atoms with Gasteiger partial charge >= 0.3 is 11.9 Å². The van der Waals surface area contributed by atoms with Crippen molar-refractivity contribution in [3.8, 4) is 11.5 Å². The van der Waals surface area contributed by atoms with Crippen molar-refractivity contribution in [3.63, 3.8) is 0 Å². The second-order valence-corrected chi connectivity index (χ2v) is 6.78. The molecule has 0 bridgehead atoms. The van der Waals surface area contributed by atoms with Crippen LogP contribution in [0.4, 0.5) is 0 Å². The van der Waals surface area contributed by atoms with Crippen molar-refractivity contribution >= 4 is 11.9 Å². The largest absolute Gasteiger partial charge is 0.482 e. The Morgan fingerprint density at radius 2 is 1.53 bits per heavy atom. The zero-order valence-corrected chi connectivity index (χ0v) is 16.9. The van der Waals surface area contributed by atoms with Crippen LogP contribution in [-0.2, 0) is 16.0 Å². The van der Waals surface area contributed by atoms with Crippen LogP contribution in [0.1, 0.15) is 27.9 Å². The van der Waals surface area contributed by atoms with Gasteiger partial charge in [0.25, 0.3) is 0 Å². The average molecular weight is 404 g/mol. The third-order valence-electron chi connectivity index (χ3n) is 4.45. The van der Waals surface area contributed by atoms with Gasteiger partial charge in [0.2, 0.25) is 0 Å². The molecule has 30 heavy (non-hydrogen) atoms. The van der Waals surface area contributed by atoms with Gasteiger partial charge in [-0.25, -0.2) is 9.59 Å². The molecule has 0 N–H and O–H groups in total. The number of esters is 2. The molecule has 0 atom stereocenters. The predicted molar refractivity (Wildman–Crippen MR) is 114 cm³/mol. The van der Waals surface area contributed by atoms with E-state index in [0.717, 1.165) is 18.4 Å². The van der Waals surface area contributed by atoms with E-state index in [2.05, 4.69) is 0 Å². The number of carbonyl (C=O) groups is 2. The number of ether oxygens (including phenoxy) is 3. The summed E-state index contributed by atoms with van der Waals surface area (Å²) in [6.45, 7) is 2.05. The van der Waals surface area contributed by atoms with Crippen molar-refractivity contribution in [1.29, 1.82) is 0 Å². The molecule has 0 unspecified atom stereocenters. The summed E-state index contributed by atoms with van der Waals surface area (Å²) in [6, 6.07) is 23.8. The van der Waals surface area contributed by atoms with Gasteiger partial charge in [0.05, 0.1) is 12.2 Å². The highest BCUT2D eigenvalue weighted by molar-refractivity contribution is 5.89. The van der Waals surface area contributed by atoms with Crippen molar-refractivity contribution in [2.24, 2.45) is 0 Å². The highest BCUT2D eigenvalue weighted by Crippen LogP contribution is 2.17. The van der Waals surface area contributed by atoms with Crippen molar-refractivity contribution in [3.05, 3.63) is 95.6 Å². The maximum atomic E-state index is 12.1. The zero-order valence-electron chi connectivity index (χ0n) is 16.9. The molecule has 3 rings (SSSR count). The number of hydrogen-bond acceptors (Lipinski definition) is 5. The topological polar surface area (TPSA) is 61.8 Å². The molecule has 0 aromatic heterocycles. The molecule has 154 valence electrons. The monoisotopic (exact) mass is 404 g/mol. The lowest BCUT2D eigenvalue weighted by Gasteiger charge is -2.09. The van der Waals surface area contributed by atoms with Crippen LogP contribution in [0.15, 0.2) is 78.9 Å². The average Bonchev–Trinajstić information content (AvgIpc) is 2.77. The van der Waals surface area contributed by atoms with Crippen LogP contribution in [0.3, 0.4) is 0 Å². The Morgan fingerprint density at radius 3 is 2.27 bits per heavy atom. The first-order valence-electron chi connectivity index (χ1n) is 9.82. The van der Waals surface area contributed by atoms with Crippen LogP contribution in [0.5, 0.6) is 11.5 Å². The third kappa shape index (κ3) is 6.48. The highest BCUT2D eigenvalue weighted by atomic mass is 16.6. The van der Waals surface area contributed by atoms with Gasteiger partial charge in [-0.1, -0.05) is 48.5 Å². The first-order valence-corrected chi connectivity index (χ1v) is 9.82. The number of aryl methyl sites for hydroxylation is 2. The van der Waals surface area contributed by atoms with E-state index in [1.54, 1.807) is 30.3 Å². The quantitative estimate of drug-likeness (QED) is 0.292. The Labute approximate surface area is 176 Å². The van der Waals surface area contributed by atoms with Crippen molar-refractivity contribution < 1.29 is 23.8 Å². The molecule has 0 heterocycles. The SMILES string of the molecule is Cc1ccccc1OCC(=O)Oc1ccc(C(=O)OCCCc2ccccc2)cc1. The van der Waals surface area contributed by atoms with E-state index in [1.807, 2.05) is 55.5 Å². The van der Waals surface area contributed by atoms with E-state index in [-0.39, 0.29) is 6.61 Å². The maximum absolute atomic E-state index is 12.1. The lowest BCUT2D eigenvalue weighted by molar-refractivity contribution is -0.136. The van der Waals surface area contributed by atoms with Gasteiger partial charge in [0.15, 0.2) is 6.61 Å². The van der Waals surface area contributed by atoms with Crippen molar-refractivity contribution in [1.82, 2.24) is 0 Å². The van der Waals surface area contributed by atoms with E-state index in [4.69, 9.17) is 14.2 Å².